The number of aromatic nitrogens is 1. The molecule has 1 aliphatic heterocycles. The highest BCUT2D eigenvalue weighted by molar-refractivity contribution is 9.10. The van der Waals surface area contributed by atoms with E-state index < -0.39 is 11.8 Å². The SMILES string of the molecule is CC(=O)N1CCc2cc(C(=O)NNC(=O)c3cc(Br)c[nH]3)ccc21. The van der Waals surface area contributed by atoms with Gasteiger partial charge in [0.25, 0.3) is 11.8 Å². The van der Waals surface area contributed by atoms with Crippen molar-refractivity contribution in [3.05, 3.63) is 51.8 Å². The predicted molar refractivity (Wildman–Crippen MR) is 91.6 cm³/mol. The van der Waals surface area contributed by atoms with E-state index in [1.165, 1.54) is 6.92 Å². The molecule has 3 amide bonds. The Morgan fingerprint density at radius 3 is 2.58 bits per heavy atom. The summed E-state index contributed by atoms with van der Waals surface area (Å²) in [6.07, 6.45) is 2.33. The summed E-state index contributed by atoms with van der Waals surface area (Å²) in [7, 11) is 0. The van der Waals surface area contributed by atoms with Crippen LogP contribution in [0.15, 0.2) is 34.9 Å². The molecule has 124 valence electrons. The lowest BCUT2D eigenvalue weighted by molar-refractivity contribution is -0.116. The van der Waals surface area contributed by atoms with Crippen molar-refractivity contribution in [3.8, 4) is 0 Å². The molecule has 2 aromatic rings. The third-order valence-corrected chi connectivity index (χ3v) is 4.26. The van der Waals surface area contributed by atoms with Crippen LogP contribution in [0.2, 0.25) is 0 Å². The van der Waals surface area contributed by atoms with Gasteiger partial charge in [-0.05, 0) is 52.2 Å². The Labute approximate surface area is 146 Å². The van der Waals surface area contributed by atoms with E-state index in [1.807, 2.05) is 0 Å². The Kier molecular flexibility index (Phi) is 4.39. The quantitative estimate of drug-likeness (QED) is 0.681. The van der Waals surface area contributed by atoms with Crippen molar-refractivity contribution in [1.29, 1.82) is 0 Å². The van der Waals surface area contributed by atoms with Gasteiger partial charge in [0, 0.05) is 35.4 Å². The van der Waals surface area contributed by atoms with Gasteiger partial charge >= 0.3 is 0 Å². The zero-order valence-corrected chi connectivity index (χ0v) is 14.4. The Hall–Kier alpha value is -2.61. The Morgan fingerprint density at radius 1 is 1.17 bits per heavy atom. The molecular weight excluding hydrogens is 376 g/mol. The summed E-state index contributed by atoms with van der Waals surface area (Å²) < 4.78 is 0.743. The minimum Gasteiger partial charge on any atom is -0.356 e. The third kappa shape index (κ3) is 3.18. The second-order valence-electron chi connectivity index (χ2n) is 5.40. The molecule has 0 unspecified atom stereocenters. The summed E-state index contributed by atoms with van der Waals surface area (Å²) >= 11 is 3.23. The molecule has 3 N–H and O–H groups in total. The molecule has 1 aliphatic rings. The standard InChI is InChI=1S/C16H15BrN4O3/c1-9(22)21-5-4-10-6-11(2-3-14(10)21)15(23)19-20-16(24)13-7-12(17)8-18-13/h2-3,6-8,18H,4-5H2,1H3,(H,19,23)(H,20,24). The molecule has 0 radical (unpaired) electrons. The largest absolute Gasteiger partial charge is 0.356 e. The van der Waals surface area contributed by atoms with Crippen LogP contribution in [-0.2, 0) is 11.2 Å². The number of carbonyl (C=O) groups excluding carboxylic acids is 3. The molecule has 8 heteroatoms. The van der Waals surface area contributed by atoms with Crippen LogP contribution in [0.3, 0.4) is 0 Å². The van der Waals surface area contributed by atoms with E-state index in [0.29, 0.717) is 24.2 Å². The Balaban J connectivity index is 1.66. The lowest BCUT2D eigenvalue weighted by Crippen LogP contribution is -2.41. The summed E-state index contributed by atoms with van der Waals surface area (Å²) in [4.78, 5) is 40.0. The normalized spacial score (nSPS) is 12.7. The summed E-state index contributed by atoms with van der Waals surface area (Å²) in [6, 6.07) is 6.73. The van der Waals surface area contributed by atoms with Crippen LogP contribution < -0.4 is 15.8 Å². The number of anilines is 1. The van der Waals surface area contributed by atoms with Gasteiger partial charge in [-0.2, -0.15) is 0 Å². The van der Waals surface area contributed by atoms with Gasteiger partial charge in [-0.1, -0.05) is 0 Å². The highest BCUT2D eigenvalue weighted by atomic mass is 79.9. The fraction of sp³-hybridized carbons (Fsp3) is 0.188. The highest BCUT2D eigenvalue weighted by Crippen LogP contribution is 2.28. The third-order valence-electron chi connectivity index (χ3n) is 3.80. The van der Waals surface area contributed by atoms with Gasteiger partial charge in [0.1, 0.15) is 5.69 Å². The highest BCUT2D eigenvalue weighted by Gasteiger charge is 2.23. The molecule has 3 rings (SSSR count). The molecule has 2 heterocycles. The molecule has 7 nitrogen and oxygen atoms in total. The van der Waals surface area contributed by atoms with Crippen molar-refractivity contribution in [1.82, 2.24) is 15.8 Å². The van der Waals surface area contributed by atoms with Crippen LogP contribution in [0.5, 0.6) is 0 Å². The second kappa shape index (κ2) is 6.48. The van der Waals surface area contributed by atoms with E-state index in [1.54, 1.807) is 35.4 Å². The van der Waals surface area contributed by atoms with Crippen molar-refractivity contribution in [2.24, 2.45) is 0 Å². The van der Waals surface area contributed by atoms with E-state index >= 15 is 0 Å². The lowest BCUT2D eigenvalue weighted by atomic mass is 10.1. The van der Waals surface area contributed by atoms with Crippen LogP contribution in [0.1, 0.15) is 33.3 Å². The number of hydrogen-bond donors (Lipinski definition) is 3. The minimum atomic E-state index is -0.446. The van der Waals surface area contributed by atoms with Gasteiger partial charge in [-0.3, -0.25) is 25.2 Å². The molecule has 0 saturated heterocycles. The Bertz CT molecular complexity index is 830. The van der Waals surface area contributed by atoms with Gasteiger partial charge in [0.05, 0.1) is 0 Å². The average Bonchev–Trinajstić information content (AvgIpc) is 3.17. The monoisotopic (exact) mass is 390 g/mol. The fourth-order valence-corrected chi connectivity index (χ4v) is 2.97. The van der Waals surface area contributed by atoms with Crippen LogP contribution in [-0.4, -0.2) is 29.3 Å². The van der Waals surface area contributed by atoms with E-state index in [0.717, 1.165) is 15.7 Å². The van der Waals surface area contributed by atoms with Crippen molar-refractivity contribution in [3.63, 3.8) is 0 Å². The first-order chi connectivity index (χ1) is 11.5. The number of carbonyl (C=O) groups is 3. The number of halogens is 1. The van der Waals surface area contributed by atoms with Crippen LogP contribution in [0, 0.1) is 0 Å². The first-order valence-electron chi connectivity index (χ1n) is 7.31. The minimum absolute atomic E-state index is 0.0182. The van der Waals surface area contributed by atoms with Gasteiger partial charge < -0.3 is 9.88 Å². The molecule has 0 aliphatic carbocycles. The number of rotatable bonds is 2. The maximum atomic E-state index is 12.2. The van der Waals surface area contributed by atoms with Gasteiger partial charge in [-0.25, -0.2) is 0 Å². The Morgan fingerprint density at radius 2 is 1.92 bits per heavy atom. The maximum Gasteiger partial charge on any atom is 0.286 e. The zero-order valence-electron chi connectivity index (χ0n) is 12.9. The molecule has 0 bridgehead atoms. The number of hydrogen-bond acceptors (Lipinski definition) is 3. The van der Waals surface area contributed by atoms with E-state index in [9.17, 15) is 14.4 Å². The molecule has 0 fully saturated rings. The van der Waals surface area contributed by atoms with E-state index in [4.69, 9.17) is 0 Å². The van der Waals surface area contributed by atoms with Gasteiger partial charge in [-0.15, -0.1) is 0 Å². The van der Waals surface area contributed by atoms with Crippen molar-refractivity contribution < 1.29 is 14.4 Å². The summed E-state index contributed by atoms with van der Waals surface area (Å²) in [5.41, 5.74) is 7.25. The van der Waals surface area contributed by atoms with Crippen molar-refractivity contribution in [2.75, 3.05) is 11.4 Å². The smallest absolute Gasteiger partial charge is 0.286 e. The number of nitrogens with one attached hydrogen (secondary N) is 3. The molecule has 0 atom stereocenters. The summed E-state index contributed by atoms with van der Waals surface area (Å²) in [6.45, 7) is 2.14. The number of benzene rings is 1. The first-order valence-corrected chi connectivity index (χ1v) is 8.10. The second-order valence-corrected chi connectivity index (χ2v) is 6.32. The van der Waals surface area contributed by atoms with E-state index in [-0.39, 0.29) is 5.91 Å². The summed E-state index contributed by atoms with van der Waals surface area (Å²) in [5.74, 6) is -0.883. The summed E-state index contributed by atoms with van der Waals surface area (Å²) in [5, 5.41) is 0. The number of nitrogens with zero attached hydrogens (tertiary/aromatic N) is 1. The predicted octanol–water partition coefficient (Wildman–Crippen LogP) is 1.76. The van der Waals surface area contributed by atoms with Crippen LogP contribution >= 0.6 is 15.9 Å². The molecule has 1 aromatic carbocycles. The maximum absolute atomic E-state index is 12.2. The number of aromatic amines is 1. The average molecular weight is 391 g/mol. The zero-order chi connectivity index (χ0) is 17.3. The van der Waals surface area contributed by atoms with Crippen molar-refractivity contribution >= 4 is 39.3 Å². The molecular formula is C16H15BrN4O3. The molecule has 0 spiro atoms. The van der Waals surface area contributed by atoms with Crippen LogP contribution in [0.25, 0.3) is 0 Å². The molecule has 0 saturated carbocycles. The molecule has 24 heavy (non-hydrogen) atoms. The topological polar surface area (TPSA) is 94.3 Å². The fourth-order valence-electron chi connectivity index (χ4n) is 2.62. The number of amides is 3. The first kappa shape index (κ1) is 16.3. The van der Waals surface area contributed by atoms with Crippen LogP contribution in [0.4, 0.5) is 5.69 Å². The van der Waals surface area contributed by atoms with Gasteiger partial charge in [0.15, 0.2) is 0 Å². The number of H-pyrrole nitrogens is 1. The van der Waals surface area contributed by atoms with Gasteiger partial charge in [0.2, 0.25) is 5.91 Å². The number of hydrazine groups is 1. The van der Waals surface area contributed by atoms with Crippen molar-refractivity contribution in [2.45, 2.75) is 13.3 Å². The number of fused-ring (bicyclic) bond motifs is 1. The van der Waals surface area contributed by atoms with E-state index in [2.05, 4.69) is 31.8 Å². The lowest BCUT2D eigenvalue weighted by Gasteiger charge is -2.14. The molecule has 1 aromatic heterocycles.